The highest BCUT2D eigenvalue weighted by Gasteiger charge is 2.07. The SMILES string of the molecule is Cc1ccc(C(C)C)cc1Oc1ccc(CO)c(Cl)c1. The van der Waals surface area contributed by atoms with E-state index in [-0.39, 0.29) is 6.61 Å². The first-order valence-electron chi connectivity index (χ1n) is 6.69. The Morgan fingerprint density at radius 2 is 1.90 bits per heavy atom. The Hall–Kier alpha value is -1.51. The lowest BCUT2D eigenvalue weighted by atomic mass is 10.0. The van der Waals surface area contributed by atoms with Gasteiger partial charge in [-0.25, -0.2) is 0 Å². The number of halogens is 1. The summed E-state index contributed by atoms with van der Waals surface area (Å²) in [4.78, 5) is 0. The molecular weight excluding hydrogens is 272 g/mol. The number of hydrogen-bond donors (Lipinski definition) is 1. The van der Waals surface area contributed by atoms with Crippen molar-refractivity contribution in [2.45, 2.75) is 33.3 Å². The van der Waals surface area contributed by atoms with Crippen LogP contribution in [-0.4, -0.2) is 5.11 Å². The summed E-state index contributed by atoms with van der Waals surface area (Å²) >= 11 is 6.08. The van der Waals surface area contributed by atoms with Gasteiger partial charge in [0.15, 0.2) is 0 Å². The maximum atomic E-state index is 9.12. The van der Waals surface area contributed by atoms with Gasteiger partial charge in [0, 0.05) is 5.02 Å². The van der Waals surface area contributed by atoms with Gasteiger partial charge in [-0.2, -0.15) is 0 Å². The van der Waals surface area contributed by atoms with Gasteiger partial charge in [0.1, 0.15) is 11.5 Å². The van der Waals surface area contributed by atoms with Crippen LogP contribution < -0.4 is 4.74 Å². The van der Waals surface area contributed by atoms with Crippen LogP contribution in [0.15, 0.2) is 36.4 Å². The Morgan fingerprint density at radius 3 is 2.50 bits per heavy atom. The van der Waals surface area contributed by atoms with Gasteiger partial charge in [-0.3, -0.25) is 0 Å². The molecule has 106 valence electrons. The predicted molar refractivity (Wildman–Crippen MR) is 82.7 cm³/mol. The highest BCUT2D eigenvalue weighted by molar-refractivity contribution is 6.31. The normalized spacial score (nSPS) is 10.9. The number of aliphatic hydroxyl groups excluding tert-OH is 1. The molecule has 0 spiro atoms. The summed E-state index contributed by atoms with van der Waals surface area (Å²) in [6, 6.07) is 11.6. The summed E-state index contributed by atoms with van der Waals surface area (Å²) in [7, 11) is 0. The van der Waals surface area contributed by atoms with Crippen molar-refractivity contribution in [1.82, 2.24) is 0 Å². The van der Waals surface area contributed by atoms with Crippen LogP contribution >= 0.6 is 11.6 Å². The van der Waals surface area contributed by atoms with E-state index in [1.807, 2.05) is 13.0 Å². The summed E-state index contributed by atoms with van der Waals surface area (Å²) in [5.74, 6) is 1.97. The molecule has 0 atom stereocenters. The lowest BCUT2D eigenvalue weighted by Crippen LogP contribution is -1.93. The van der Waals surface area contributed by atoms with Crippen molar-refractivity contribution < 1.29 is 9.84 Å². The molecule has 0 fully saturated rings. The molecule has 0 aromatic heterocycles. The van der Waals surface area contributed by atoms with Crippen LogP contribution in [0, 0.1) is 6.92 Å². The third-order valence-corrected chi connectivity index (χ3v) is 3.65. The van der Waals surface area contributed by atoms with E-state index < -0.39 is 0 Å². The van der Waals surface area contributed by atoms with Gasteiger partial charge in [0.25, 0.3) is 0 Å². The van der Waals surface area contributed by atoms with E-state index in [4.69, 9.17) is 21.4 Å². The van der Waals surface area contributed by atoms with Crippen molar-refractivity contribution >= 4 is 11.6 Å². The first-order chi connectivity index (χ1) is 9.51. The van der Waals surface area contributed by atoms with Gasteiger partial charge in [-0.15, -0.1) is 0 Å². The van der Waals surface area contributed by atoms with E-state index in [2.05, 4.69) is 32.0 Å². The van der Waals surface area contributed by atoms with Gasteiger partial charge in [-0.05, 0) is 47.7 Å². The van der Waals surface area contributed by atoms with Crippen molar-refractivity contribution in [3.05, 3.63) is 58.1 Å². The molecule has 1 N–H and O–H groups in total. The summed E-state index contributed by atoms with van der Waals surface area (Å²) in [6.07, 6.45) is 0. The fourth-order valence-corrected chi connectivity index (χ4v) is 2.16. The molecule has 0 bridgehead atoms. The number of hydrogen-bond acceptors (Lipinski definition) is 2. The molecule has 2 aromatic carbocycles. The fourth-order valence-electron chi connectivity index (χ4n) is 1.93. The lowest BCUT2D eigenvalue weighted by Gasteiger charge is -2.13. The molecule has 3 heteroatoms. The predicted octanol–water partition coefficient (Wildman–Crippen LogP) is 5.06. The minimum atomic E-state index is -0.0685. The standard InChI is InChI=1S/C17H19ClO2/c1-11(2)13-5-4-12(3)17(8-13)20-15-7-6-14(10-19)16(18)9-15/h4-9,11,19H,10H2,1-3H3. The third kappa shape index (κ3) is 3.33. The molecule has 0 aliphatic carbocycles. The second kappa shape index (κ2) is 6.29. The zero-order chi connectivity index (χ0) is 14.7. The summed E-state index contributed by atoms with van der Waals surface area (Å²) in [6.45, 7) is 6.26. The van der Waals surface area contributed by atoms with Crippen LogP contribution in [0.3, 0.4) is 0 Å². The minimum absolute atomic E-state index is 0.0685. The molecule has 2 rings (SSSR count). The maximum absolute atomic E-state index is 9.12. The summed E-state index contributed by atoms with van der Waals surface area (Å²) in [5, 5.41) is 9.63. The van der Waals surface area contributed by atoms with Crippen molar-refractivity contribution in [2.24, 2.45) is 0 Å². The molecule has 0 saturated heterocycles. The largest absolute Gasteiger partial charge is 0.457 e. The van der Waals surface area contributed by atoms with E-state index in [1.54, 1.807) is 12.1 Å². The van der Waals surface area contributed by atoms with Crippen molar-refractivity contribution in [1.29, 1.82) is 0 Å². The molecule has 0 aliphatic rings. The Morgan fingerprint density at radius 1 is 1.15 bits per heavy atom. The highest BCUT2D eigenvalue weighted by Crippen LogP contribution is 2.31. The van der Waals surface area contributed by atoms with E-state index in [0.717, 1.165) is 11.3 Å². The molecule has 20 heavy (non-hydrogen) atoms. The van der Waals surface area contributed by atoms with E-state index >= 15 is 0 Å². The second-order valence-corrected chi connectivity index (χ2v) is 5.60. The highest BCUT2D eigenvalue weighted by atomic mass is 35.5. The molecule has 0 radical (unpaired) electrons. The molecule has 0 unspecified atom stereocenters. The van der Waals surface area contributed by atoms with Crippen molar-refractivity contribution in [3.63, 3.8) is 0 Å². The molecule has 2 aromatic rings. The molecule has 0 aliphatic heterocycles. The minimum Gasteiger partial charge on any atom is -0.457 e. The van der Waals surface area contributed by atoms with Crippen LogP contribution in [0.4, 0.5) is 0 Å². The van der Waals surface area contributed by atoms with Gasteiger partial charge < -0.3 is 9.84 Å². The maximum Gasteiger partial charge on any atom is 0.130 e. The Balaban J connectivity index is 2.29. The van der Waals surface area contributed by atoms with Crippen LogP contribution in [0.25, 0.3) is 0 Å². The van der Waals surface area contributed by atoms with Crippen LogP contribution in [0.5, 0.6) is 11.5 Å². The van der Waals surface area contributed by atoms with E-state index in [0.29, 0.717) is 22.3 Å². The molecular formula is C17H19ClO2. The topological polar surface area (TPSA) is 29.5 Å². The quantitative estimate of drug-likeness (QED) is 0.853. The van der Waals surface area contributed by atoms with E-state index in [9.17, 15) is 0 Å². The Bertz CT molecular complexity index is 606. The van der Waals surface area contributed by atoms with Crippen LogP contribution in [0.2, 0.25) is 5.02 Å². The zero-order valence-electron chi connectivity index (χ0n) is 12.0. The first kappa shape index (κ1) is 14.9. The van der Waals surface area contributed by atoms with Gasteiger partial charge in [0.05, 0.1) is 6.61 Å². The van der Waals surface area contributed by atoms with Gasteiger partial charge in [0.2, 0.25) is 0 Å². The number of ether oxygens (including phenoxy) is 1. The number of aliphatic hydroxyl groups is 1. The molecule has 2 nitrogen and oxygen atoms in total. The van der Waals surface area contributed by atoms with Gasteiger partial charge in [-0.1, -0.05) is 43.6 Å². The van der Waals surface area contributed by atoms with E-state index in [1.165, 1.54) is 5.56 Å². The van der Waals surface area contributed by atoms with Crippen LogP contribution in [-0.2, 0) is 6.61 Å². The van der Waals surface area contributed by atoms with Crippen LogP contribution in [0.1, 0.15) is 36.5 Å². The van der Waals surface area contributed by atoms with Crippen molar-refractivity contribution in [2.75, 3.05) is 0 Å². The van der Waals surface area contributed by atoms with Gasteiger partial charge >= 0.3 is 0 Å². The zero-order valence-corrected chi connectivity index (χ0v) is 12.7. The number of rotatable bonds is 4. The number of benzene rings is 2. The smallest absolute Gasteiger partial charge is 0.130 e. The molecule has 0 heterocycles. The Kier molecular flexibility index (Phi) is 4.69. The summed E-state index contributed by atoms with van der Waals surface area (Å²) in [5.41, 5.74) is 3.02. The number of aryl methyl sites for hydroxylation is 1. The molecule has 0 amide bonds. The fraction of sp³-hybridized carbons (Fsp3) is 0.294. The second-order valence-electron chi connectivity index (χ2n) is 5.19. The monoisotopic (exact) mass is 290 g/mol. The Labute approximate surface area is 125 Å². The first-order valence-corrected chi connectivity index (χ1v) is 7.06. The van der Waals surface area contributed by atoms with Crippen molar-refractivity contribution in [3.8, 4) is 11.5 Å². The lowest BCUT2D eigenvalue weighted by molar-refractivity contribution is 0.282. The average molecular weight is 291 g/mol. The average Bonchev–Trinajstić information content (AvgIpc) is 2.41. The molecule has 0 saturated carbocycles. The third-order valence-electron chi connectivity index (χ3n) is 3.30. The summed E-state index contributed by atoms with van der Waals surface area (Å²) < 4.78 is 5.91.